The second-order valence-electron chi connectivity index (χ2n) is 5.67. The van der Waals surface area contributed by atoms with Gasteiger partial charge in [-0.15, -0.1) is 0 Å². The summed E-state index contributed by atoms with van der Waals surface area (Å²) in [5.74, 6) is 0.814. The predicted molar refractivity (Wildman–Crippen MR) is 69.2 cm³/mol. The molecule has 2 aliphatic rings. The first-order valence-electron chi connectivity index (χ1n) is 7.19. The van der Waals surface area contributed by atoms with Crippen LogP contribution in [0.25, 0.3) is 0 Å². The van der Waals surface area contributed by atoms with Crippen molar-refractivity contribution in [1.29, 1.82) is 0 Å². The van der Waals surface area contributed by atoms with Crippen LogP contribution in [0.15, 0.2) is 0 Å². The molecule has 0 saturated carbocycles. The standard InChI is InChI=1S/C14H27NO2/c1-3-15-13(14(2)7-4-8-17-14)11-12-5-9-16-10-6-12/h12-13,15H,3-11H2,1-2H3. The van der Waals surface area contributed by atoms with Crippen molar-refractivity contribution < 1.29 is 9.47 Å². The molecular formula is C14H27NO2. The zero-order valence-electron chi connectivity index (χ0n) is 11.3. The van der Waals surface area contributed by atoms with Gasteiger partial charge in [0, 0.05) is 25.9 Å². The van der Waals surface area contributed by atoms with Gasteiger partial charge in [-0.1, -0.05) is 6.92 Å². The van der Waals surface area contributed by atoms with Crippen LogP contribution >= 0.6 is 0 Å². The summed E-state index contributed by atoms with van der Waals surface area (Å²) in [5.41, 5.74) is 0.0638. The summed E-state index contributed by atoms with van der Waals surface area (Å²) in [7, 11) is 0. The average Bonchev–Trinajstić information content (AvgIpc) is 2.78. The van der Waals surface area contributed by atoms with E-state index < -0.39 is 0 Å². The van der Waals surface area contributed by atoms with Crippen molar-refractivity contribution in [2.24, 2.45) is 5.92 Å². The number of rotatable bonds is 5. The van der Waals surface area contributed by atoms with Gasteiger partial charge in [-0.05, 0) is 51.5 Å². The quantitative estimate of drug-likeness (QED) is 0.801. The molecule has 2 heterocycles. The zero-order valence-corrected chi connectivity index (χ0v) is 11.3. The maximum absolute atomic E-state index is 6.00. The smallest absolute Gasteiger partial charge is 0.0807 e. The number of likely N-dealkylation sites (N-methyl/N-ethyl adjacent to an activating group) is 1. The molecule has 2 atom stereocenters. The zero-order chi connectivity index (χ0) is 12.1. The minimum absolute atomic E-state index is 0.0638. The van der Waals surface area contributed by atoms with E-state index in [-0.39, 0.29) is 5.60 Å². The Balaban J connectivity index is 1.91. The largest absolute Gasteiger partial charge is 0.381 e. The van der Waals surface area contributed by atoms with Gasteiger partial charge in [-0.2, -0.15) is 0 Å². The molecule has 1 N–H and O–H groups in total. The van der Waals surface area contributed by atoms with Crippen molar-refractivity contribution in [2.75, 3.05) is 26.4 Å². The van der Waals surface area contributed by atoms with Gasteiger partial charge < -0.3 is 14.8 Å². The van der Waals surface area contributed by atoms with Crippen LogP contribution in [0, 0.1) is 5.92 Å². The minimum atomic E-state index is 0.0638. The van der Waals surface area contributed by atoms with Crippen LogP contribution in [0.1, 0.15) is 46.0 Å². The Morgan fingerprint density at radius 3 is 2.65 bits per heavy atom. The molecule has 0 amide bonds. The van der Waals surface area contributed by atoms with Crippen LogP contribution in [0.3, 0.4) is 0 Å². The summed E-state index contributed by atoms with van der Waals surface area (Å²) >= 11 is 0. The van der Waals surface area contributed by atoms with Crippen molar-refractivity contribution in [3.05, 3.63) is 0 Å². The molecule has 2 rings (SSSR count). The molecule has 2 saturated heterocycles. The highest BCUT2D eigenvalue weighted by atomic mass is 16.5. The van der Waals surface area contributed by atoms with E-state index in [1.807, 2.05) is 0 Å². The summed E-state index contributed by atoms with van der Waals surface area (Å²) in [4.78, 5) is 0. The third kappa shape index (κ3) is 3.43. The van der Waals surface area contributed by atoms with Crippen molar-refractivity contribution in [2.45, 2.75) is 57.6 Å². The average molecular weight is 241 g/mol. The van der Waals surface area contributed by atoms with Crippen LogP contribution < -0.4 is 5.32 Å². The van der Waals surface area contributed by atoms with Crippen LogP contribution in [-0.4, -0.2) is 38.0 Å². The maximum Gasteiger partial charge on any atom is 0.0807 e. The fraction of sp³-hybridized carbons (Fsp3) is 1.00. The number of hydrogen-bond acceptors (Lipinski definition) is 3. The SMILES string of the molecule is CCNC(CC1CCOCC1)C1(C)CCCO1. The van der Waals surface area contributed by atoms with Gasteiger partial charge >= 0.3 is 0 Å². The van der Waals surface area contributed by atoms with Crippen LogP contribution in [-0.2, 0) is 9.47 Å². The van der Waals surface area contributed by atoms with E-state index in [0.717, 1.165) is 32.3 Å². The number of hydrogen-bond donors (Lipinski definition) is 1. The van der Waals surface area contributed by atoms with Crippen molar-refractivity contribution >= 4 is 0 Å². The summed E-state index contributed by atoms with van der Waals surface area (Å²) in [6.45, 7) is 8.34. The summed E-state index contributed by atoms with van der Waals surface area (Å²) in [6, 6.07) is 0.512. The van der Waals surface area contributed by atoms with E-state index in [2.05, 4.69) is 19.2 Å². The maximum atomic E-state index is 6.00. The van der Waals surface area contributed by atoms with Gasteiger partial charge in [0.1, 0.15) is 0 Å². The molecule has 0 aromatic rings. The molecule has 0 aromatic heterocycles. The Labute approximate surface area is 105 Å². The molecule has 2 unspecified atom stereocenters. The fourth-order valence-electron chi connectivity index (χ4n) is 3.19. The Bertz CT molecular complexity index is 220. The molecule has 17 heavy (non-hydrogen) atoms. The van der Waals surface area contributed by atoms with Gasteiger partial charge in [0.05, 0.1) is 5.60 Å². The van der Waals surface area contributed by atoms with E-state index in [1.54, 1.807) is 0 Å². The highest BCUT2D eigenvalue weighted by Crippen LogP contribution is 2.33. The van der Waals surface area contributed by atoms with Crippen molar-refractivity contribution in [3.63, 3.8) is 0 Å². The van der Waals surface area contributed by atoms with Crippen LogP contribution in [0.4, 0.5) is 0 Å². The molecule has 0 aromatic carbocycles. The summed E-state index contributed by atoms with van der Waals surface area (Å²) < 4.78 is 11.4. The molecule has 0 spiro atoms. The van der Waals surface area contributed by atoms with Gasteiger partial charge in [0.2, 0.25) is 0 Å². The van der Waals surface area contributed by atoms with E-state index in [1.165, 1.54) is 32.1 Å². The van der Waals surface area contributed by atoms with Gasteiger partial charge in [-0.3, -0.25) is 0 Å². The summed E-state index contributed by atoms with van der Waals surface area (Å²) in [6.07, 6.45) is 6.10. The highest BCUT2D eigenvalue weighted by molar-refractivity contribution is 4.93. The van der Waals surface area contributed by atoms with Gasteiger partial charge in [-0.25, -0.2) is 0 Å². The lowest BCUT2D eigenvalue weighted by Gasteiger charge is -2.37. The molecule has 2 aliphatic heterocycles. The third-order valence-corrected chi connectivity index (χ3v) is 4.35. The molecule has 3 heteroatoms. The predicted octanol–water partition coefficient (Wildman–Crippen LogP) is 2.35. The first-order chi connectivity index (χ1) is 8.24. The lowest BCUT2D eigenvalue weighted by atomic mass is 9.83. The second kappa shape index (κ2) is 6.17. The normalized spacial score (nSPS) is 32.8. The summed E-state index contributed by atoms with van der Waals surface area (Å²) in [5, 5.41) is 3.65. The Morgan fingerprint density at radius 1 is 1.29 bits per heavy atom. The van der Waals surface area contributed by atoms with E-state index in [0.29, 0.717) is 6.04 Å². The lowest BCUT2D eigenvalue weighted by Crippen LogP contribution is -2.49. The molecule has 3 nitrogen and oxygen atoms in total. The minimum Gasteiger partial charge on any atom is -0.381 e. The van der Waals surface area contributed by atoms with Crippen molar-refractivity contribution in [3.8, 4) is 0 Å². The number of ether oxygens (including phenoxy) is 2. The number of nitrogens with one attached hydrogen (secondary N) is 1. The lowest BCUT2D eigenvalue weighted by molar-refractivity contribution is -0.0248. The second-order valence-corrected chi connectivity index (χ2v) is 5.67. The fourth-order valence-corrected chi connectivity index (χ4v) is 3.19. The Hall–Kier alpha value is -0.120. The Morgan fingerprint density at radius 2 is 2.06 bits per heavy atom. The topological polar surface area (TPSA) is 30.5 Å². The highest BCUT2D eigenvalue weighted by Gasteiger charge is 2.39. The Kier molecular flexibility index (Phi) is 4.83. The molecular weight excluding hydrogens is 214 g/mol. The van der Waals surface area contributed by atoms with Gasteiger partial charge in [0.25, 0.3) is 0 Å². The van der Waals surface area contributed by atoms with E-state index in [9.17, 15) is 0 Å². The molecule has 2 fully saturated rings. The molecule has 0 aliphatic carbocycles. The van der Waals surface area contributed by atoms with Crippen LogP contribution in [0.5, 0.6) is 0 Å². The monoisotopic (exact) mass is 241 g/mol. The van der Waals surface area contributed by atoms with E-state index in [4.69, 9.17) is 9.47 Å². The van der Waals surface area contributed by atoms with Crippen LogP contribution in [0.2, 0.25) is 0 Å². The molecule has 0 radical (unpaired) electrons. The van der Waals surface area contributed by atoms with E-state index >= 15 is 0 Å². The first kappa shape index (κ1) is 13.3. The third-order valence-electron chi connectivity index (χ3n) is 4.35. The first-order valence-corrected chi connectivity index (χ1v) is 7.19. The molecule has 0 bridgehead atoms. The van der Waals surface area contributed by atoms with Crippen molar-refractivity contribution in [1.82, 2.24) is 5.32 Å². The molecule has 100 valence electrons. The van der Waals surface area contributed by atoms with Gasteiger partial charge in [0.15, 0.2) is 0 Å².